The highest BCUT2D eigenvalue weighted by Gasteiger charge is 2.20. The summed E-state index contributed by atoms with van der Waals surface area (Å²) >= 11 is 0. The maximum Gasteiger partial charge on any atom is 0.231 e. The van der Waals surface area contributed by atoms with Gasteiger partial charge in [0.25, 0.3) is 0 Å². The van der Waals surface area contributed by atoms with Crippen LogP contribution in [0.5, 0.6) is 17.2 Å². The van der Waals surface area contributed by atoms with Crippen molar-refractivity contribution in [2.75, 3.05) is 20.5 Å². The zero-order valence-corrected chi connectivity index (χ0v) is 8.49. The Labute approximate surface area is 87.6 Å². The van der Waals surface area contributed by atoms with E-state index >= 15 is 0 Å². The Morgan fingerprint density at radius 2 is 2.27 bits per heavy atom. The van der Waals surface area contributed by atoms with Gasteiger partial charge in [0.2, 0.25) is 6.79 Å². The van der Waals surface area contributed by atoms with Crippen LogP contribution in [0.2, 0.25) is 0 Å². The van der Waals surface area contributed by atoms with E-state index in [1.807, 2.05) is 12.1 Å². The monoisotopic (exact) mass is 211 g/mol. The SMILES string of the molecule is COc1ccc2c(c1CCON)OCO2. The second-order valence-corrected chi connectivity index (χ2v) is 3.10. The topological polar surface area (TPSA) is 62.9 Å². The first-order chi connectivity index (χ1) is 7.36. The fraction of sp³-hybridized carbons (Fsp3) is 0.400. The van der Waals surface area contributed by atoms with Gasteiger partial charge in [-0.15, -0.1) is 0 Å². The van der Waals surface area contributed by atoms with E-state index in [1.54, 1.807) is 7.11 Å². The van der Waals surface area contributed by atoms with Gasteiger partial charge in [-0.05, 0) is 12.1 Å². The number of ether oxygens (including phenoxy) is 3. The molecule has 0 spiro atoms. The lowest BCUT2D eigenvalue weighted by atomic mass is 10.1. The molecule has 0 saturated carbocycles. The Bertz CT molecular complexity index is 354. The molecule has 0 radical (unpaired) electrons. The highest BCUT2D eigenvalue weighted by molar-refractivity contribution is 5.55. The molecule has 0 saturated heterocycles. The Morgan fingerprint density at radius 1 is 1.40 bits per heavy atom. The van der Waals surface area contributed by atoms with Gasteiger partial charge < -0.3 is 19.0 Å². The molecule has 1 heterocycles. The molecule has 0 atom stereocenters. The zero-order chi connectivity index (χ0) is 10.7. The highest BCUT2D eigenvalue weighted by atomic mass is 16.7. The fourth-order valence-electron chi connectivity index (χ4n) is 1.60. The van der Waals surface area contributed by atoms with Gasteiger partial charge >= 0.3 is 0 Å². The molecular formula is C10H13NO4. The van der Waals surface area contributed by atoms with E-state index in [0.717, 1.165) is 22.8 Å². The minimum atomic E-state index is 0.249. The Balaban J connectivity index is 2.34. The smallest absolute Gasteiger partial charge is 0.231 e. The number of hydrogen-bond acceptors (Lipinski definition) is 5. The van der Waals surface area contributed by atoms with E-state index in [1.165, 1.54) is 0 Å². The molecule has 0 aromatic heterocycles. The first-order valence-corrected chi connectivity index (χ1v) is 4.64. The molecule has 0 fully saturated rings. The lowest BCUT2D eigenvalue weighted by Gasteiger charge is -2.10. The van der Waals surface area contributed by atoms with Crippen molar-refractivity contribution in [1.82, 2.24) is 0 Å². The highest BCUT2D eigenvalue weighted by Crippen LogP contribution is 2.40. The standard InChI is InChI=1S/C10H13NO4/c1-12-8-2-3-9-10(14-6-13-9)7(8)4-5-15-11/h2-3H,4-6,11H2,1H3. The summed E-state index contributed by atoms with van der Waals surface area (Å²) in [6.45, 7) is 0.662. The van der Waals surface area contributed by atoms with Crippen molar-refractivity contribution in [3.8, 4) is 17.2 Å². The Morgan fingerprint density at radius 3 is 3.00 bits per heavy atom. The van der Waals surface area contributed by atoms with E-state index in [4.69, 9.17) is 20.1 Å². The summed E-state index contributed by atoms with van der Waals surface area (Å²) in [7, 11) is 1.62. The van der Waals surface area contributed by atoms with E-state index in [-0.39, 0.29) is 6.79 Å². The number of benzene rings is 1. The predicted molar refractivity (Wildman–Crippen MR) is 53.0 cm³/mol. The van der Waals surface area contributed by atoms with Crippen molar-refractivity contribution >= 4 is 0 Å². The Hall–Kier alpha value is -1.46. The second-order valence-electron chi connectivity index (χ2n) is 3.10. The molecule has 1 aromatic rings. The van der Waals surface area contributed by atoms with E-state index in [0.29, 0.717) is 13.0 Å². The minimum Gasteiger partial charge on any atom is -0.496 e. The first kappa shape index (κ1) is 10.1. The van der Waals surface area contributed by atoms with Crippen LogP contribution in [0.4, 0.5) is 0 Å². The Kier molecular flexibility index (Phi) is 2.94. The van der Waals surface area contributed by atoms with Gasteiger partial charge in [0.05, 0.1) is 13.7 Å². The van der Waals surface area contributed by atoms with Crippen LogP contribution in [-0.2, 0) is 11.3 Å². The zero-order valence-electron chi connectivity index (χ0n) is 8.49. The molecule has 1 aromatic carbocycles. The molecular weight excluding hydrogens is 198 g/mol. The van der Waals surface area contributed by atoms with E-state index in [9.17, 15) is 0 Å². The number of methoxy groups -OCH3 is 1. The number of hydrogen-bond donors (Lipinski definition) is 1. The molecule has 5 nitrogen and oxygen atoms in total. The van der Waals surface area contributed by atoms with Crippen LogP contribution in [0.15, 0.2) is 12.1 Å². The summed E-state index contributed by atoms with van der Waals surface area (Å²) < 4.78 is 15.9. The molecule has 1 aliphatic heterocycles. The molecule has 2 rings (SSSR count). The quantitative estimate of drug-likeness (QED) is 0.748. The van der Waals surface area contributed by atoms with Crippen molar-refractivity contribution in [2.45, 2.75) is 6.42 Å². The van der Waals surface area contributed by atoms with Crippen molar-refractivity contribution in [2.24, 2.45) is 5.90 Å². The summed E-state index contributed by atoms with van der Waals surface area (Å²) in [5.74, 6) is 7.23. The van der Waals surface area contributed by atoms with Crippen LogP contribution >= 0.6 is 0 Å². The van der Waals surface area contributed by atoms with Crippen LogP contribution in [-0.4, -0.2) is 20.5 Å². The van der Waals surface area contributed by atoms with Gasteiger partial charge in [0, 0.05) is 12.0 Å². The second kappa shape index (κ2) is 4.37. The summed E-state index contributed by atoms with van der Waals surface area (Å²) in [5, 5.41) is 0. The van der Waals surface area contributed by atoms with E-state index < -0.39 is 0 Å². The lowest BCUT2D eigenvalue weighted by molar-refractivity contribution is 0.139. The molecule has 0 aliphatic carbocycles. The fourth-order valence-corrected chi connectivity index (χ4v) is 1.60. The van der Waals surface area contributed by atoms with Gasteiger partial charge in [-0.3, -0.25) is 0 Å². The summed E-state index contributed by atoms with van der Waals surface area (Å²) in [4.78, 5) is 4.55. The third kappa shape index (κ3) is 1.84. The summed E-state index contributed by atoms with van der Waals surface area (Å²) in [5.41, 5.74) is 0.929. The van der Waals surface area contributed by atoms with E-state index in [2.05, 4.69) is 4.84 Å². The van der Waals surface area contributed by atoms with Gasteiger partial charge in [-0.2, -0.15) is 0 Å². The number of nitrogens with two attached hydrogens (primary N) is 1. The van der Waals surface area contributed by atoms with Gasteiger partial charge in [-0.1, -0.05) is 0 Å². The minimum absolute atomic E-state index is 0.249. The van der Waals surface area contributed by atoms with Crippen molar-refractivity contribution in [3.05, 3.63) is 17.7 Å². The summed E-state index contributed by atoms with van der Waals surface area (Å²) in [6, 6.07) is 3.67. The molecule has 5 heteroatoms. The maximum absolute atomic E-state index is 5.37. The molecule has 0 bridgehead atoms. The van der Waals surface area contributed by atoms with Gasteiger partial charge in [0.1, 0.15) is 5.75 Å². The van der Waals surface area contributed by atoms with Crippen LogP contribution < -0.4 is 20.1 Å². The average Bonchev–Trinajstić information content (AvgIpc) is 2.73. The van der Waals surface area contributed by atoms with Gasteiger partial charge in [-0.25, -0.2) is 5.90 Å². The number of rotatable bonds is 4. The molecule has 0 unspecified atom stereocenters. The van der Waals surface area contributed by atoms with Crippen LogP contribution in [0.3, 0.4) is 0 Å². The molecule has 82 valence electrons. The summed E-state index contributed by atoms with van der Waals surface area (Å²) in [6.07, 6.45) is 0.631. The third-order valence-corrected chi connectivity index (χ3v) is 2.29. The molecule has 2 N–H and O–H groups in total. The van der Waals surface area contributed by atoms with Crippen LogP contribution in [0, 0.1) is 0 Å². The molecule has 0 amide bonds. The largest absolute Gasteiger partial charge is 0.496 e. The lowest BCUT2D eigenvalue weighted by Crippen LogP contribution is -2.05. The molecule has 15 heavy (non-hydrogen) atoms. The number of fused-ring (bicyclic) bond motifs is 1. The molecule has 1 aliphatic rings. The predicted octanol–water partition coefficient (Wildman–Crippen LogP) is 0.857. The van der Waals surface area contributed by atoms with Crippen molar-refractivity contribution in [1.29, 1.82) is 0 Å². The average molecular weight is 211 g/mol. The maximum atomic E-state index is 5.37. The van der Waals surface area contributed by atoms with Crippen molar-refractivity contribution < 1.29 is 19.0 Å². The first-order valence-electron chi connectivity index (χ1n) is 4.64. The van der Waals surface area contributed by atoms with Crippen LogP contribution in [0.25, 0.3) is 0 Å². The van der Waals surface area contributed by atoms with Gasteiger partial charge in [0.15, 0.2) is 11.5 Å². The van der Waals surface area contributed by atoms with Crippen molar-refractivity contribution in [3.63, 3.8) is 0 Å². The third-order valence-electron chi connectivity index (χ3n) is 2.29. The normalized spacial score (nSPS) is 12.9. The van der Waals surface area contributed by atoms with Crippen LogP contribution in [0.1, 0.15) is 5.56 Å².